The molecule has 1 unspecified atom stereocenters. The van der Waals surface area contributed by atoms with Crippen molar-refractivity contribution in [3.8, 4) is 5.75 Å². The highest BCUT2D eigenvalue weighted by Crippen LogP contribution is 2.15. The number of aryl methyl sites for hydroxylation is 1. The van der Waals surface area contributed by atoms with Crippen molar-refractivity contribution in [2.45, 2.75) is 26.3 Å². The van der Waals surface area contributed by atoms with Gasteiger partial charge in [0.05, 0.1) is 13.2 Å². The summed E-state index contributed by atoms with van der Waals surface area (Å²) in [6.07, 6.45) is 0.749. The van der Waals surface area contributed by atoms with Crippen LogP contribution in [-0.4, -0.2) is 19.7 Å². The second-order valence-electron chi connectivity index (χ2n) is 5.17. The third-order valence-electron chi connectivity index (χ3n) is 3.37. The molecule has 0 saturated heterocycles. The van der Waals surface area contributed by atoms with Crippen LogP contribution in [0.4, 0.5) is 4.79 Å². The van der Waals surface area contributed by atoms with Gasteiger partial charge in [-0.25, -0.2) is 4.79 Å². The molecule has 5 nitrogen and oxygen atoms in total. The lowest BCUT2D eigenvalue weighted by Crippen LogP contribution is -2.37. The number of carbonyl (C=O) groups excluding carboxylic acids is 1. The van der Waals surface area contributed by atoms with Crippen molar-refractivity contribution < 1.29 is 13.9 Å². The molecule has 2 N–H and O–H groups in total. The molecule has 0 aliphatic rings. The zero-order valence-electron chi connectivity index (χ0n) is 13.2. The molecule has 1 heterocycles. The normalized spacial score (nSPS) is 11.8. The van der Waals surface area contributed by atoms with Crippen molar-refractivity contribution in [2.75, 3.05) is 13.7 Å². The van der Waals surface area contributed by atoms with Gasteiger partial charge >= 0.3 is 6.03 Å². The summed E-state index contributed by atoms with van der Waals surface area (Å²) in [6.45, 7) is 4.33. The zero-order chi connectivity index (χ0) is 15.9. The molecule has 0 fully saturated rings. The lowest BCUT2D eigenvalue weighted by atomic mass is 10.1. The first-order valence-corrected chi connectivity index (χ1v) is 7.32. The molecule has 1 aromatic heterocycles. The van der Waals surface area contributed by atoms with E-state index in [0.29, 0.717) is 6.54 Å². The molecule has 0 spiro atoms. The van der Waals surface area contributed by atoms with Crippen LogP contribution in [0.3, 0.4) is 0 Å². The number of carbonyl (C=O) groups is 1. The smallest absolute Gasteiger partial charge is 0.315 e. The summed E-state index contributed by atoms with van der Waals surface area (Å²) in [5.74, 6) is 2.41. The fraction of sp³-hybridized carbons (Fsp3) is 0.353. The fourth-order valence-electron chi connectivity index (χ4n) is 2.15. The standard InChI is InChI=1S/C17H22N2O3/c1-12-7-8-16(22-12)13(2)19-17(20)18-10-9-14-5-4-6-15(11-14)21-3/h4-8,11,13H,9-10H2,1-3H3,(H2,18,19,20). The number of nitrogens with one attached hydrogen (secondary N) is 2. The number of hydrogen-bond donors (Lipinski definition) is 2. The van der Waals surface area contributed by atoms with Crippen molar-refractivity contribution >= 4 is 6.03 Å². The predicted molar refractivity (Wildman–Crippen MR) is 85.1 cm³/mol. The van der Waals surface area contributed by atoms with Gasteiger partial charge in [0.15, 0.2) is 0 Å². The van der Waals surface area contributed by atoms with Crippen LogP contribution in [0.1, 0.15) is 30.0 Å². The molecule has 5 heteroatoms. The molecule has 118 valence electrons. The van der Waals surface area contributed by atoms with E-state index in [9.17, 15) is 4.79 Å². The highest BCUT2D eigenvalue weighted by Gasteiger charge is 2.12. The van der Waals surface area contributed by atoms with Gasteiger partial charge in [-0.15, -0.1) is 0 Å². The third kappa shape index (κ3) is 4.55. The van der Waals surface area contributed by atoms with Crippen LogP contribution in [0.5, 0.6) is 5.75 Å². The Kier molecular flexibility index (Phi) is 5.47. The number of amides is 2. The maximum absolute atomic E-state index is 11.9. The molecule has 0 aliphatic heterocycles. The minimum atomic E-state index is -0.204. The number of methoxy groups -OCH3 is 1. The van der Waals surface area contributed by atoms with E-state index in [4.69, 9.17) is 9.15 Å². The Bertz CT molecular complexity index is 622. The van der Waals surface area contributed by atoms with Crippen LogP contribution in [0.25, 0.3) is 0 Å². The number of benzene rings is 1. The summed E-state index contributed by atoms with van der Waals surface area (Å²) in [5.41, 5.74) is 1.12. The second-order valence-corrected chi connectivity index (χ2v) is 5.17. The molecule has 2 aromatic rings. The topological polar surface area (TPSA) is 63.5 Å². The van der Waals surface area contributed by atoms with Crippen molar-refractivity contribution in [1.82, 2.24) is 10.6 Å². The summed E-state index contributed by atoms with van der Waals surface area (Å²) < 4.78 is 10.7. The molecule has 1 atom stereocenters. The molecule has 0 bridgehead atoms. The lowest BCUT2D eigenvalue weighted by Gasteiger charge is -2.12. The first-order chi connectivity index (χ1) is 10.6. The van der Waals surface area contributed by atoms with Gasteiger partial charge in [0.25, 0.3) is 0 Å². The molecule has 2 amide bonds. The van der Waals surface area contributed by atoms with E-state index in [1.54, 1.807) is 7.11 Å². The maximum Gasteiger partial charge on any atom is 0.315 e. The van der Waals surface area contributed by atoms with E-state index in [2.05, 4.69) is 10.6 Å². The number of ether oxygens (including phenoxy) is 1. The predicted octanol–water partition coefficient (Wildman–Crippen LogP) is 3.20. The van der Waals surface area contributed by atoms with Crippen LogP contribution < -0.4 is 15.4 Å². The third-order valence-corrected chi connectivity index (χ3v) is 3.37. The quantitative estimate of drug-likeness (QED) is 0.861. The summed E-state index contributed by atoms with van der Waals surface area (Å²) in [6, 6.07) is 11.2. The van der Waals surface area contributed by atoms with Crippen LogP contribution in [0.2, 0.25) is 0 Å². The van der Waals surface area contributed by atoms with Gasteiger partial charge in [0, 0.05) is 6.54 Å². The van der Waals surface area contributed by atoms with Gasteiger partial charge in [-0.3, -0.25) is 0 Å². The monoisotopic (exact) mass is 302 g/mol. The minimum Gasteiger partial charge on any atom is -0.497 e. The maximum atomic E-state index is 11.9. The van der Waals surface area contributed by atoms with Crippen LogP contribution >= 0.6 is 0 Å². The second kappa shape index (κ2) is 7.54. The van der Waals surface area contributed by atoms with E-state index in [-0.39, 0.29) is 12.1 Å². The average Bonchev–Trinajstić information content (AvgIpc) is 2.94. The van der Waals surface area contributed by atoms with Crippen LogP contribution in [0, 0.1) is 6.92 Å². The molecular formula is C17H22N2O3. The fourth-order valence-corrected chi connectivity index (χ4v) is 2.15. The largest absolute Gasteiger partial charge is 0.497 e. The molecular weight excluding hydrogens is 280 g/mol. The Morgan fingerprint density at radius 3 is 2.82 bits per heavy atom. The van der Waals surface area contributed by atoms with Crippen molar-refractivity contribution in [1.29, 1.82) is 0 Å². The summed E-state index contributed by atoms with van der Waals surface area (Å²) in [7, 11) is 1.64. The first-order valence-electron chi connectivity index (χ1n) is 7.32. The molecule has 2 rings (SSSR count). The molecule has 22 heavy (non-hydrogen) atoms. The highest BCUT2D eigenvalue weighted by molar-refractivity contribution is 5.74. The van der Waals surface area contributed by atoms with E-state index in [0.717, 1.165) is 29.3 Å². The van der Waals surface area contributed by atoms with Crippen molar-refractivity contribution in [2.24, 2.45) is 0 Å². The van der Waals surface area contributed by atoms with E-state index < -0.39 is 0 Å². The Balaban J connectivity index is 1.75. The number of urea groups is 1. The van der Waals surface area contributed by atoms with E-state index in [1.165, 1.54) is 0 Å². The summed E-state index contributed by atoms with van der Waals surface area (Å²) in [5, 5.41) is 5.69. The molecule has 0 saturated carbocycles. The van der Waals surface area contributed by atoms with Crippen molar-refractivity contribution in [3.63, 3.8) is 0 Å². The van der Waals surface area contributed by atoms with Gasteiger partial charge in [-0.05, 0) is 50.1 Å². The molecule has 0 radical (unpaired) electrons. The molecule has 1 aromatic carbocycles. The van der Waals surface area contributed by atoms with Gasteiger partial charge < -0.3 is 19.8 Å². The Labute approximate surface area is 130 Å². The van der Waals surface area contributed by atoms with Gasteiger partial charge in [-0.2, -0.15) is 0 Å². The Morgan fingerprint density at radius 2 is 2.14 bits per heavy atom. The number of rotatable bonds is 6. The minimum absolute atomic E-state index is 0.162. The van der Waals surface area contributed by atoms with Gasteiger partial charge in [0.1, 0.15) is 17.3 Å². The van der Waals surface area contributed by atoms with Gasteiger partial charge in [0.2, 0.25) is 0 Å². The zero-order valence-corrected chi connectivity index (χ0v) is 13.2. The number of furan rings is 1. The van der Waals surface area contributed by atoms with E-state index >= 15 is 0 Å². The van der Waals surface area contributed by atoms with Crippen LogP contribution in [0.15, 0.2) is 40.8 Å². The highest BCUT2D eigenvalue weighted by atomic mass is 16.5. The van der Waals surface area contributed by atoms with Gasteiger partial charge in [-0.1, -0.05) is 12.1 Å². The molecule has 0 aliphatic carbocycles. The lowest BCUT2D eigenvalue weighted by molar-refractivity contribution is 0.236. The SMILES string of the molecule is COc1cccc(CCNC(=O)NC(C)c2ccc(C)o2)c1. The number of hydrogen-bond acceptors (Lipinski definition) is 3. The summed E-state index contributed by atoms with van der Waals surface area (Å²) in [4.78, 5) is 11.9. The first kappa shape index (κ1) is 15.9. The van der Waals surface area contributed by atoms with Crippen LogP contribution in [-0.2, 0) is 6.42 Å². The summed E-state index contributed by atoms with van der Waals surface area (Å²) >= 11 is 0. The van der Waals surface area contributed by atoms with Crippen molar-refractivity contribution in [3.05, 3.63) is 53.5 Å². The van der Waals surface area contributed by atoms with E-state index in [1.807, 2.05) is 50.2 Å². The average molecular weight is 302 g/mol. The Morgan fingerprint density at radius 1 is 1.32 bits per heavy atom. The Hall–Kier alpha value is -2.43.